The summed E-state index contributed by atoms with van der Waals surface area (Å²) in [7, 11) is 0. The third-order valence-corrected chi connectivity index (χ3v) is 2.17. The van der Waals surface area contributed by atoms with E-state index in [0.29, 0.717) is 0 Å². The van der Waals surface area contributed by atoms with E-state index in [1.165, 1.54) is 0 Å². The van der Waals surface area contributed by atoms with Gasteiger partial charge in [0.2, 0.25) is 5.91 Å². The number of carbonyl (C=O) groups excluding carboxylic acids is 1. The van der Waals surface area contributed by atoms with Crippen LogP contribution < -0.4 is 5.73 Å². The van der Waals surface area contributed by atoms with Gasteiger partial charge < -0.3 is 30.9 Å². The molecule has 0 spiro atoms. The molecule has 0 aromatic rings. The molecule has 1 aliphatic rings. The van der Waals surface area contributed by atoms with Crippen molar-refractivity contribution in [2.24, 2.45) is 5.73 Å². The van der Waals surface area contributed by atoms with E-state index in [1.807, 2.05) is 0 Å². The Bertz CT molecular complexity index is 220. The molecule has 1 aliphatic heterocycles. The van der Waals surface area contributed by atoms with E-state index in [9.17, 15) is 20.1 Å². The number of aliphatic hydroxyl groups is 4. The quantitative estimate of drug-likeness (QED) is 0.316. The molecule has 7 heteroatoms. The summed E-state index contributed by atoms with van der Waals surface area (Å²) in [6.45, 7) is -0.575. The molecule has 0 saturated carbocycles. The van der Waals surface area contributed by atoms with Crippen molar-refractivity contribution in [1.29, 1.82) is 0 Å². The normalized spacial score (nSPS) is 43.6. The summed E-state index contributed by atoms with van der Waals surface area (Å²) >= 11 is 0. The highest BCUT2D eigenvalue weighted by molar-refractivity contribution is 5.79. The number of hydrogen-bond acceptors (Lipinski definition) is 6. The third kappa shape index (κ3) is 1.86. The second kappa shape index (κ2) is 4.20. The van der Waals surface area contributed by atoms with E-state index in [-0.39, 0.29) is 0 Å². The van der Waals surface area contributed by atoms with Gasteiger partial charge in [-0.15, -0.1) is 0 Å². The van der Waals surface area contributed by atoms with Crippen molar-refractivity contribution in [3.05, 3.63) is 0 Å². The maximum Gasteiger partial charge on any atom is 0.249 e. The van der Waals surface area contributed by atoms with Crippen LogP contribution in [0.5, 0.6) is 0 Å². The zero-order chi connectivity index (χ0) is 10.9. The van der Waals surface area contributed by atoms with Crippen LogP contribution in [-0.2, 0) is 9.53 Å². The minimum atomic E-state index is -1.58. The molecule has 2 unspecified atom stereocenters. The fourth-order valence-corrected chi connectivity index (χ4v) is 1.34. The second-order valence-corrected chi connectivity index (χ2v) is 3.15. The number of amides is 1. The molecule has 0 aliphatic carbocycles. The molecule has 0 aromatic carbocycles. The molecule has 7 nitrogen and oxygen atoms in total. The van der Waals surface area contributed by atoms with Crippen molar-refractivity contribution in [2.45, 2.75) is 30.5 Å². The largest absolute Gasteiger partial charge is 0.394 e. The smallest absolute Gasteiger partial charge is 0.249 e. The SMILES string of the molecule is NC(=O)[C@H]1OC(CO)[C@@H](O)[C@H](O)C1O. The Hall–Kier alpha value is -0.730. The van der Waals surface area contributed by atoms with Crippen molar-refractivity contribution < 1.29 is 30.0 Å². The maximum atomic E-state index is 10.7. The Labute approximate surface area is 79.7 Å². The van der Waals surface area contributed by atoms with Crippen molar-refractivity contribution in [1.82, 2.24) is 0 Å². The minimum absolute atomic E-state index is 0.575. The Morgan fingerprint density at radius 2 is 1.79 bits per heavy atom. The van der Waals surface area contributed by atoms with Crippen LogP contribution in [0.4, 0.5) is 0 Å². The number of hydrogen-bond donors (Lipinski definition) is 5. The lowest BCUT2D eigenvalue weighted by Gasteiger charge is -2.38. The van der Waals surface area contributed by atoms with Crippen LogP contribution in [0.3, 0.4) is 0 Å². The number of rotatable bonds is 2. The van der Waals surface area contributed by atoms with Gasteiger partial charge >= 0.3 is 0 Å². The highest BCUT2D eigenvalue weighted by Crippen LogP contribution is 2.20. The summed E-state index contributed by atoms with van der Waals surface area (Å²) < 4.78 is 4.81. The van der Waals surface area contributed by atoms with E-state index in [0.717, 1.165) is 0 Å². The number of aliphatic hydroxyl groups excluding tert-OH is 4. The summed E-state index contributed by atoms with van der Waals surface area (Å²) in [6, 6.07) is 0. The first kappa shape index (κ1) is 11.3. The van der Waals surface area contributed by atoms with Crippen LogP contribution in [-0.4, -0.2) is 63.5 Å². The van der Waals surface area contributed by atoms with Gasteiger partial charge in [0.1, 0.15) is 24.4 Å². The molecule has 0 bridgehead atoms. The zero-order valence-corrected chi connectivity index (χ0v) is 7.28. The molecule has 82 valence electrons. The lowest BCUT2D eigenvalue weighted by atomic mass is 9.95. The van der Waals surface area contributed by atoms with Crippen molar-refractivity contribution in [3.63, 3.8) is 0 Å². The molecule has 1 rings (SSSR count). The first-order chi connectivity index (χ1) is 6.49. The fraction of sp³-hybridized carbons (Fsp3) is 0.857. The molecule has 6 N–H and O–H groups in total. The van der Waals surface area contributed by atoms with Gasteiger partial charge in [0, 0.05) is 0 Å². The fourth-order valence-electron chi connectivity index (χ4n) is 1.34. The van der Waals surface area contributed by atoms with Gasteiger partial charge in [0.15, 0.2) is 6.10 Å². The summed E-state index contributed by atoms with van der Waals surface area (Å²) in [4.78, 5) is 10.7. The molecule has 1 amide bonds. The van der Waals surface area contributed by atoms with Crippen LogP contribution in [0.1, 0.15) is 0 Å². The van der Waals surface area contributed by atoms with Crippen molar-refractivity contribution in [2.75, 3.05) is 6.61 Å². The van der Waals surface area contributed by atoms with E-state index >= 15 is 0 Å². The topological polar surface area (TPSA) is 133 Å². The molecule has 1 heterocycles. The van der Waals surface area contributed by atoms with Crippen molar-refractivity contribution >= 4 is 5.91 Å². The minimum Gasteiger partial charge on any atom is -0.394 e. The monoisotopic (exact) mass is 207 g/mol. The van der Waals surface area contributed by atoms with Crippen LogP contribution in [0.25, 0.3) is 0 Å². The summed E-state index contributed by atoms with van der Waals surface area (Å²) in [5, 5.41) is 36.5. The number of primary amides is 1. The number of carbonyl (C=O) groups is 1. The zero-order valence-electron chi connectivity index (χ0n) is 7.28. The lowest BCUT2D eigenvalue weighted by molar-refractivity contribution is -0.225. The molecule has 1 fully saturated rings. The summed E-state index contributed by atoms with van der Waals surface area (Å²) in [5.74, 6) is -0.957. The van der Waals surface area contributed by atoms with Crippen LogP contribution in [0, 0.1) is 0 Å². The Morgan fingerprint density at radius 3 is 2.21 bits per heavy atom. The first-order valence-corrected chi connectivity index (χ1v) is 4.09. The molecule has 0 radical (unpaired) electrons. The summed E-state index contributed by atoms with van der Waals surface area (Å²) in [5.41, 5.74) is 4.88. The Balaban J connectivity index is 2.78. The highest BCUT2D eigenvalue weighted by Gasteiger charge is 2.45. The molecule has 5 atom stereocenters. The molecule has 0 aromatic heterocycles. The maximum absolute atomic E-state index is 10.7. The Kier molecular flexibility index (Phi) is 3.40. The average Bonchev–Trinajstić information content (AvgIpc) is 2.14. The van der Waals surface area contributed by atoms with Gasteiger partial charge in [0.05, 0.1) is 6.61 Å². The first-order valence-electron chi connectivity index (χ1n) is 4.09. The van der Waals surface area contributed by atoms with Crippen molar-refractivity contribution in [3.8, 4) is 0 Å². The Morgan fingerprint density at radius 1 is 1.21 bits per heavy atom. The predicted molar refractivity (Wildman–Crippen MR) is 43.0 cm³/mol. The number of ether oxygens (including phenoxy) is 1. The van der Waals surface area contributed by atoms with Gasteiger partial charge in [-0.1, -0.05) is 0 Å². The lowest BCUT2D eigenvalue weighted by Crippen LogP contribution is -2.61. The standard InChI is InChI=1S/C7H13NO6/c8-7(13)6-5(12)4(11)3(10)2(1-9)14-6/h2-6,9-12H,1H2,(H2,8,13)/t2?,3-,4+,5?,6+/m1/s1. The molecule has 1 saturated heterocycles. The third-order valence-electron chi connectivity index (χ3n) is 2.17. The average molecular weight is 207 g/mol. The van der Waals surface area contributed by atoms with Gasteiger partial charge in [0.25, 0.3) is 0 Å². The summed E-state index contributed by atoms with van der Waals surface area (Å²) in [6.07, 6.45) is -7.11. The van der Waals surface area contributed by atoms with E-state index < -0.39 is 43.0 Å². The van der Waals surface area contributed by atoms with Gasteiger partial charge in [-0.25, -0.2) is 0 Å². The van der Waals surface area contributed by atoms with Crippen LogP contribution >= 0.6 is 0 Å². The van der Waals surface area contributed by atoms with Crippen LogP contribution in [0.2, 0.25) is 0 Å². The molecule has 14 heavy (non-hydrogen) atoms. The predicted octanol–water partition coefficient (Wildman–Crippen LogP) is -3.69. The van der Waals surface area contributed by atoms with E-state index in [2.05, 4.69) is 0 Å². The van der Waals surface area contributed by atoms with E-state index in [1.54, 1.807) is 0 Å². The second-order valence-electron chi connectivity index (χ2n) is 3.15. The number of nitrogens with two attached hydrogens (primary N) is 1. The van der Waals surface area contributed by atoms with Gasteiger partial charge in [-0.2, -0.15) is 0 Å². The molecular weight excluding hydrogens is 194 g/mol. The molecular formula is C7H13NO6. The highest BCUT2D eigenvalue weighted by atomic mass is 16.5. The van der Waals surface area contributed by atoms with Gasteiger partial charge in [-0.3, -0.25) is 4.79 Å². The van der Waals surface area contributed by atoms with E-state index in [4.69, 9.17) is 15.6 Å². The van der Waals surface area contributed by atoms with Gasteiger partial charge in [-0.05, 0) is 0 Å². The van der Waals surface area contributed by atoms with Crippen LogP contribution in [0.15, 0.2) is 0 Å².